The number of halogens is 2. The molecule has 0 bridgehead atoms. The molecule has 0 aromatic heterocycles. The highest BCUT2D eigenvalue weighted by Gasteiger charge is 2.30. The van der Waals surface area contributed by atoms with E-state index in [9.17, 15) is 9.59 Å². The van der Waals surface area contributed by atoms with Crippen LogP contribution < -0.4 is 0 Å². The van der Waals surface area contributed by atoms with E-state index >= 15 is 0 Å². The van der Waals surface area contributed by atoms with Crippen molar-refractivity contribution in [2.75, 3.05) is 18.1 Å². The fraction of sp³-hybridized carbons (Fsp3) is 0.385. The molecular formula is C13H13BrClNO3S. The minimum Gasteiger partial charge on any atom is -0.481 e. The molecule has 7 heteroatoms. The quantitative estimate of drug-likeness (QED) is 0.878. The van der Waals surface area contributed by atoms with Crippen LogP contribution in [0.15, 0.2) is 22.7 Å². The Bertz CT molecular complexity index is 540. The Morgan fingerprint density at radius 1 is 1.50 bits per heavy atom. The largest absolute Gasteiger partial charge is 0.481 e. The molecule has 1 aliphatic rings. The zero-order valence-electron chi connectivity index (χ0n) is 10.5. The van der Waals surface area contributed by atoms with Crippen molar-refractivity contribution in [2.24, 2.45) is 0 Å². The van der Waals surface area contributed by atoms with E-state index in [1.54, 1.807) is 34.9 Å². The summed E-state index contributed by atoms with van der Waals surface area (Å²) in [4.78, 5) is 25.2. The van der Waals surface area contributed by atoms with Crippen LogP contribution in [0.25, 0.3) is 0 Å². The Morgan fingerprint density at radius 2 is 2.25 bits per heavy atom. The van der Waals surface area contributed by atoms with E-state index in [4.69, 9.17) is 16.7 Å². The van der Waals surface area contributed by atoms with Gasteiger partial charge in [-0.05, 0) is 34.1 Å². The average Bonchev–Trinajstić information content (AvgIpc) is 2.41. The maximum absolute atomic E-state index is 12.6. The summed E-state index contributed by atoms with van der Waals surface area (Å²) in [7, 11) is 0. The van der Waals surface area contributed by atoms with Crippen LogP contribution >= 0.6 is 39.3 Å². The van der Waals surface area contributed by atoms with Gasteiger partial charge in [0.15, 0.2) is 0 Å². The molecule has 1 saturated heterocycles. The van der Waals surface area contributed by atoms with Crippen molar-refractivity contribution in [1.29, 1.82) is 0 Å². The van der Waals surface area contributed by atoms with Crippen molar-refractivity contribution in [3.05, 3.63) is 33.3 Å². The maximum Gasteiger partial charge on any atom is 0.305 e. The van der Waals surface area contributed by atoms with E-state index in [0.29, 0.717) is 27.4 Å². The van der Waals surface area contributed by atoms with Gasteiger partial charge >= 0.3 is 5.97 Å². The van der Waals surface area contributed by atoms with Crippen molar-refractivity contribution >= 4 is 51.2 Å². The van der Waals surface area contributed by atoms with Crippen LogP contribution in [-0.4, -0.2) is 46.0 Å². The number of hydrogen-bond acceptors (Lipinski definition) is 3. The number of hydrogen-bond donors (Lipinski definition) is 1. The number of rotatable bonds is 3. The molecule has 0 radical (unpaired) electrons. The number of carbonyl (C=O) groups is 2. The molecule has 1 unspecified atom stereocenters. The zero-order valence-corrected chi connectivity index (χ0v) is 13.7. The molecule has 1 aliphatic heterocycles. The van der Waals surface area contributed by atoms with E-state index in [-0.39, 0.29) is 18.4 Å². The number of thioether (sulfide) groups is 1. The van der Waals surface area contributed by atoms with Crippen LogP contribution in [0.5, 0.6) is 0 Å². The number of nitrogens with zero attached hydrogens (tertiary/aromatic N) is 1. The van der Waals surface area contributed by atoms with E-state index in [2.05, 4.69) is 15.9 Å². The number of carbonyl (C=O) groups excluding carboxylic acids is 1. The van der Waals surface area contributed by atoms with Gasteiger partial charge in [0.1, 0.15) is 0 Å². The molecule has 108 valence electrons. The van der Waals surface area contributed by atoms with Crippen LogP contribution in [0.4, 0.5) is 0 Å². The maximum atomic E-state index is 12.6. The first kappa shape index (κ1) is 15.7. The molecule has 1 atom stereocenters. The van der Waals surface area contributed by atoms with Gasteiger partial charge in [0.05, 0.1) is 18.0 Å². The average molecular weight is 379 g/mol. The lowest BCUT2D eigenvalue weighted by atomic mass is 10.1. The Labute approximate surface area is 134 Å². The van der Waals surface area contributed by atoms with Crippen molar-refractivity contribution in [2.45, 2.75) is 12.5 Å². The van der Waals surface area contributed by atoms with Gasteiger partial charge in [-0.15, -0.1) is 0 Å². The third kappa shape index (κ3) is 3.68. The van der Waals surface area contributed by atoms with Gasteiger partial charge in [0.2, 0.25) is 0 Å². The van der Waals surface area contributed by atoms with Gasteiger partial charge in [-0.3, -0.25) is 9.59 Å². The summed E-state index contributed by atoms with van der Waals surface area (Å²) >= 11 is 10.9. The third-order valence-electron chi connectivity index (χ3n) is 3.06. The van der Waals surface area contributed by atoms with Gasteiger partial charge in [-0.1, -0.05) is 11.6 Å². The second-order valence-corrected chi connectivity index (χ2v) is 6.89. The zero-order chi connectivity index (χ0) is 14.7. The highest BCUT2D eigenvalue weighted by Crippen LogP contribution is 2.26. The number of aliphatic carboxylic acids is 1. The third-order valence-corrected chi connectivity index (χ3v) is 5.08. The van der Waals surface area contributed by atoms with Crippen molar-refractivity contribution in [3.63, 3.8) is 0 Å². The highest BCUT2D eigenvalue weighted by molar-refractivity contribution is 9.10. The van der Waals surface area contributed by atoms with Crippen molar-refractivity contribution < 1.29 is 14.7 Å². The van der Waals surface area contributed by atoms with Crippen LogP contribution in [0.2, 0.25) is 5.02 Å². The van der Waals surface area contributed by atoms with Crippen LogP contribution in [-0.2, 0) is 4.79 Å². The molecule has 1 aromatic rings. The molecule has 1 amide bonds. The molecule has 20 heavy (non-hydrogen) atoms. The van der Waals surface area contributed by atoms with Gasteiger partial charge in [-0.2, -0.15) is 11.8 Å². The highest BCUT2D eigenvalue weighted by atomic mass is 79.9. The molecule has 0 saturated carbocycles. The second-order valence-electron chi connectivity index (χ2n) is 4.45. The minimum atomic E-state index is -0.888. The summed E-state index contributed by atoms with van der Waals surface area (Å²) in [5.41, 5.74) is 0.472. The molecule has 1 N–H and O–H groups in total. The van der Waals surface area contributed by atoms with E-state index < -0.39 is 5.97 Å². The fourth-order valence-electron chi connectivity index (χ4n) is 2.11. The van der Waals surface area contributed by atoms with Crippen molar-refractivity contribution in [3.8, 4) is 0 Å². The van der Waals surface area contributed by atoms with Gasteiger partial charge < -0.3 is 10.0 Å². The summed E-state index contributed by atoms with van der Waals surface area (Å²) in [6.07, 6.45) is -0.0308. The van der Waals surface area contributed by atoms with Crippen LogP contribution in [0, 0.1) is 0 Å². The summed E-state index contributed by atoms with van der Waals surface area (Å²) in [6, 6.07) is 4.75. The Morgan fingerprint density at radius 3 is 2.95 bits per heavy atom. The molecule has 4 nitrogen and oxygen atoms in total. The molecule has 0 aliphatic carbocycles. The molecule has 1 fully saturated rings. The predicted octanol–water partition coefficient (Wildman–Crippen LogP) is 3.13. The SMILES string of the molecule is O=C(O)CC1CSCCN1C(=O)c1cc(Cl)ccc1Br. The van der Waals surface area contributed by atoms with Gasteiger partial charge in [0.25, 0.3) is 5.91 Å². The van der Waals surface area contributed by atoms with Crippen LogP contribution in [0.3, 0.4) is 0 Å². The lowest BCUT2D eigenvalue weighted by Gasteiger charge is -2.34. The summed E-state index contributed by atoms with van der Waals surface area (Å²) in [6.45, 7) is 0.556. The monoisotopic (exact) mass is 377 g/mol. The lowest BCUT2D eigenvalue weighted by molar-refractivity contribution is -0.138. The van der Waals surface area contributed by atoms with E-state index in [1.165, 1.54) is 0 Å². The van der Waals surface area contributed by atoms with Gasteiger partial charge in [0, 0.05) is 27.5 Å². The first-order valence-electron chi connectivity index (χ1n) is 6.04. The first-order valence-corrected chi connectivity index (χ1v) is 8.37. The molecule has 1 aromatic carbocycles. The lowest BCUT2D eigenvalue weighted by Crippen LogP contribution is -2.47. The number of benzene rings is 1. The standard InChI is InChI=1S/C13H13BrClNO3S/c14-11-2-1-8(15)5-10(11)13(19)16-3-4-20-7-9(16)6-12(17)18/h1-2,5,9H,3-4,6-7H2,(H,17,18). The van der Waals surface area contributed by atoms with Crippen molar-refractivity contribution in [1.82, 2.24) is 4.90 Å². The van der Waals surface area contributed by atoms with E-state index in [0.717, 1.165) is 5.75 Å². The van der Waals surface area contributed by atoms with E-state index in [1.807, 2.05) is 0 Å². The fourth-order valence-corrected chi connectivity index (χ4v) is 3.76. The predicted molar refractivity (Wildman–Crippen MR) is 83.6 cm³/mol. The molecule has 1 heterocycles. The summed E-state index contributed by atoms with van der Waals surface area (Å²) < 4.78 is 0.666. The smallest absolute Gasteiger partial charge is 0.305 e. The molecule has 2 rings (SSSR count). The Kier molecular flexibility index (Phi) is 5.35. The topological polar surface area (TPSA) is 57.6 Å². The molecule has 0 spiro atoms. The Balaban J connectivity index is 2.25. The number of carboxylic acids is 1. The van der Waals surface area contributed by atoms with Gasteiger partial charge in [-0.25, -0.2) is 0 Å². The number of amides is 1. The second kappa shape index (κ2) is 6.83. The minimum absolute atomic E-state index is 0.0308. The number of carboxylic acid groups (broad SMARTS) is 1. The normalized spacial score (nSPS) is 18.9. The summed E-state index contributed by atoms with van der Waals surface area (Å²) in [5.74, 6) is 0.405. The summed E-state index contributed by atoms with van der Waals surface area (Å²) in [5, 5.41) is 9.44. The van der Waals surface area contributed by atoms with Crippen LogP contribution in [0.1, 0.15) is 16.8 Å². The Hall–Kier alpha value is -0.720. The molecular weight excluding hydrogens is 366 g/mol. The first-order chi connectivity index (χ1) is 9.49.